The van der Waals surface area contributed by atoms with E-state index in [0.29, 0.717) is 19.2 Å². The van der Waals surface area contributed by atoms with Crippen LogP contribution in [0.5, 0.6) is 0 Å². The predicted molar refractivity (Wildman–Crippen MR) is 62.5 cm³/mol. The SMILES string of the molecule is CCOC(=O)C1CCCN1C(=O)NC1CCC1. The van der Waals surface area contributed by atoms with Crippen molar-refractivity contribution in [3.63, 3.8) is 0 Å². The largest absolute Gasteiger partial charge is 0.464 e. The third-order valence-electron chi connectivity index (χ3n) is 3.51. The maximum absolute atomic E-state index is 12.0. The van der Waals surface area contributed by atoms with Crippen molar-refractivity contribution in [1.82, 2.24) is 10.2 Å². The number of nitrogens with zero attached hydrogens (tertiary/aromatic N) is 1. The number of amides is 2. The highest BCUT2D eigenvalue weighted by atomic mass is 16.5. The second-order valence-corrected chi connectivity index (χ2v) is 4.68. The number of ether oxygens (including phenoxy) is 1. The molecule has 1 N–H and O–H groups in total. The minimum absolute atomic E-state index is 0.106. The van der Waals surface area contributed by atoms with Gasteiger partial charge in [0.2, 0.25) is 0 Å². The standard InChI is InChI=1S/C12H20N2O3/c1-2-17-11(15)10-7-4-8-14(10)12(16)13-9-5-3-6-9/h9-10H,2-8H2,1H3,(H,13,16). The van der Waals surface area contributed by atoms with Crippen LogP contribution in [0.3, 0.4) is 0 Å². The minimum Gasteiger partial charge on any atom is -0.464 e. The zero-order chi connectivity index (χ0) is 12.3. The summed E-state index contributed by atoms with van der Waals surface area (Å²) in [4.78, 5) is 25.3. The van der Waals surface area contributed by atoms with E-state index in [-0.39, 0.29) is 18.0 Å². The Hall–Kier alpha value is -1.26. The summed E-state index contributed by atoms with van der Waals surface area (Å²) in [6.45, 7) is 2.81. The molecular weight excluding hydrogens is 220 g/mol. The van der Waals surface area contributed by atoms with Gasteiger partial charge >= 0.3 is 12.0 Å². The molecular formula is C12H20N2O3. The molecule has 0 aromatic rings. The van der Waals surface area contributed by atoms with Gasteiger partial charge in [0.15, 0.2) is 0 Å². The quantitative estimate of drug-likeness (QED) is 0.756. The number of esters is 1. The summed E-state index contributed by atoms with van der Waals surface area (Å²) in [5, 5.41) is 2.96. The van der Waals surface area contributed by atoms with Crippen LogP contribution in [0.1, 0.15) is 39.0 Å². The van der Waals surface area contributed by atoms with E-state index in [0.717, 1.165) is 25.7 Å². The van der Waals surface area contributed by atoms with E-state index in [9.17, 15) is 9.59 Å². The third kappa shape index (κ3) is 2.70. The average Bonchev–Trinajstić information content (AvgIpc) is 2.72. The molecule has 1 saturated heterocycles. The maximum atomic E-state index is 12.0. The summed E-state index contributed by atoms with van der Waals surface area (Å²) in [5.41, 5.74) is 0. The summed E-state index contributed by atoms with van der Waals surface area (Å²) in [7, 11) is 0. The van der Waals surface area contributed by atoms with Gasteiger partial charge < -0.3 is 15.0 Å². The van der Waals surface area contributed by atoms with Crippen molar-refractivity contribution in [2.45, 2.75) is 51.1 Å². The lowest BCUT2D eigenvalue weighted by Crippen LogP contribution is -2.51. The number of urea groups is 1. The molecule has 2 rings (SSSR count). The van der Waals surface area contributed by atoms with Crippen molar-refractivity contribution in [3.05, 3.63) is 0 Å². The zero-order valence-corrected chi connectivity index (χ0v) is 10.3. The number of hydrogen-bond donors (Lipinski definition) is 1. The first kappa shape index (κ1) is 12.2. The number of likely N-dealkylation sites (tertiary alicyclic amines) is 1. The summed E-state index contributed by atoms with van der Waals surface area (Å²) in [5.74, 6) is -0.270. The maximum Gasteiger partial charge on any atom is 0.328 e. The van der Waals surface area contributed by atoms with E-state index in [1.54, 1.807) is 11.8 Å². The van der Waals surface area contributed by atoms with Gasteiger partial charge in [0, 0.05) is 12.6 Å². The highest BCUT2D eigenvalue weighted by Gasteiger charge is 2.36. The van der Waals surface area contributed by atoms with Crippen molar-refractivity contribution in [2.75, 3.05) is 13.2 Å². The Labute approximate surface area is 101 Å². The Bertz CT molecular complexity index is 302. The monoisotopic (exact) mass is 240 g/mol. The molecule has 0 bridgehead atoms. The molecule has 0 radical (unpaired) electrons. The highest BCUT2D eigenvalue weighted by Crippen LogP contribution is 2.22. The van der Waals surface area contributed by atoms with Crippen LogP contribution < -0.4 is 5.32 Å². The van der Waals surface area contributed by atoms with Crippen molar-refractivity contribution >= 4 is 12.0 Å². The molecule has 5 heteroatoms. The predicted octanol–water partition coefficient (Wildman–Crippen LogP) is 1.28. The first-order valence-electron chi connectivity index (χ1n) is 6.46. The van der Waals surface area contributed by atoms with Crippen LogP contribution in [0.25, 0.3) is 0 Å². The fourth-order valence-corrected chi connectivity index (χ4v) is 2.30. The van der Waals surface area contributed by atoms with Crippen molar-refractivity contribution in [3.8, 4) is 0 Å². The minimum atomic E-state index is -0.380. The molecule has 2 aliphatic rings. The van der Waals surface area contributed by atoms with Gasteiger partial charge in [0.1, 0.15) is 6.04 Å². The average molecular weight is 240 g/mol. The Balaban J connectivity index is 1.88. The third-order valence-corrected chi connectivity index (χ3v) is 3.51. The molecule has 1 atom stereocenters. The molecule has 0 spiro atoms. The van der Waals surface area contributed by atoms with Gasteiger partial charge in [-0.05, 0) is 39.0 Å². The molecule has 1 heterocycles. The van der Waals surface area contributed by atoms with Crippen LogP contribution in [-0.4, -0.2) is 42.1 Å². The van der Waals surface area contributed by atoms with Crippen LogP contribution in [-0.2, 0) is 9.53 Å². The number of rotatable bonds is 3. The molecule has 1 unspecified atom stereocenters. The van der Waals surface area contributed by atoms with Gasteiger partial charge in [-0.3, -0.25) is 0 Å². The lowest BCUT2D eigenvalue weighted by molar-refractivity contribution is -0.147. The van der Waals surface area contributed by atoms with E-state index >= 15 is 0 Å². The van der Waals surface area contributed by atoms with Crippen LogP contribution in [0, 0.1) is 0 Å². The van der Waals surface area contributed by atoms with E-state index in [1.807, 2.05) is 0 Å². The topological polar surface area (TPSA) is 58.6 Å². The van der Waals surface area contributed by atoms with Crippen molar-refractivity contribution in [1.29, 1.82) is 0 Å². The Kier molecular flexibility index (Phi) is 3.86. The molecule has 2 fully saturated rings. The van der Waals surface area contributed by atoms with Crippen LogP contribution in [0.2, 0.25) is 0 Å². The van der Waals surface area contributed by atoms with Crippen LogP contribution in [0.4, 0.5) is 4.79 Å². The van der Waals surface area contributed by atoms with Crippen molar-refractivity contribution in [2.24, 2.45) is 0 Å². The lowest BCUT2D eigenvalue weighted by atomic mass is 9.93. The van der Waals surface area contributed by atoms with Gasteiger partial charge in [-0.1, -0.05) is 0 Å². The Morgan fingerprint density at radius 3 is 2.65 bits per heavy atom. The summed E-state index contributed by atoms with van der Waals surface area (Å²) in [6, 6.07) is -0.175. The zero-order valence-electron chi connectivity index (χ0n) is 10.3. The number of carbonyl (C=O) groups is 2. The molecule has 17 heavy (non-hydrogen) atoms. The molecule has 5 nitrogen and oxygen atoms in total. The second-order valence-electron chi connectivity index (χ2n) is 4.68. The van der Waals surface area contributed by atoms with Gasteiger partial charge in [-0.15, -0.1) is 0 Å². The first-order valence-corrected chi connectivity index (χ1v) is 6.46. The molecule has 1 saturated carbocycles. The van der Waals surface area contributed by atoms with E-state index in [4.69, 9.17) is 4.74 Å². The number of hydrogen-bond acceptors (Lipinski definition) is 3. The van der Waals surface area contributed by atoms with E-state index in [1.165, 1.54) is 6.42 Å². The summed E-state index contributed by atoms with van der Waals surface area (Å²) in [6.07, 6.45) is 4.90. The normalized spacial score (nSPS) is 24.3. The van der Waals surface area contributed by atoms with E-state index in [2.05, 4.69) is 5.32 Å². The van der Waals surface area contributed by atoms with Gasteiger partial charge in [-0.2, -0.15) is 0 Å². The molecule has 1 aliphatic carbocycles. The summed E-state index contributed by atoms with van der Waals surface area (Å²) < 4.78 is 4.99. The Morgan fingerprint density at radius 1 is 1.29 bits per heavy atom. The highest BCUT2D eigenvalue weighted by molar-refractivity contribution is 5.84. The lowest BCUT2D eigenvalue weighted by Gasteiger charge is -2.30. The molecule has 2 amide bonds. The summed E-state index contributed by atoms with van der Waals surface area (Å²) >= 11 is 0. The van der Waals surface area contributed by atoms with E-state index < -0.39 is 0 Å². The van der Waals surface area contributed by atoms with Gasteiger partial charge in [0.25, 0.3) is 0 Å². The molecule has 96 valence electrons. The van der Waals surface area contributed by atoms with Crippen LogP contribution in [0.15, 0.2) is 0 Å². The van der Waals surface area contributed by atoms with Crippen LogP contribution >= 0.6 is 0 Å². The second kappa shape index (κ2) is 5.38. The fraction of sp³-hybridized carbons (Fsp3) is 0.833. The Morgan fingerprint density at radius 2 is 2.06 bits per heavy atom. The van der Waals surface area contributed by atoms with Gasteiger partial charge in [-0.25, -0.2) is 9.59 Å². The fourth-order valence-electron chi connectivity index (χ4n) is 2.30. The number of carbonyl (C=O) groups excluding carboxylic acids is 2. The number of nitrogens with one attached hydrogen (secondary N) is 1. The van der Waals surface area contributed by atoms with Gasteiger partial charge in [0.05, 0.1) is 6.61 Å². The first-order chi connectivity index (χ1) is 8.22. The smallest absolute Gasteiger partial charge is 0.328 e. The molecule has 1 aliphatic heterocycles. The van der Waals surface area contributed by atoms with Crippen molar-refractivity contribution < 1.29 is 14.3 Å². The molecule has 0 aromatic heterocycles. The molecule has 0 aromatic carbocycles.